The van der Waals surface area contributed by atoms with Crippen LogP contribution in [0.3, 0.4) is 0 Å². The van der Waals surface area contributed by atoms with Crippen molar-refractivity contribution in [3.05, 3.63) is 64.8 Å². The van der Waals surface area contributed by atoms with Gasteiger partial charge in [0, 0.05) is 22.2 Å². The van der Waals surface area contributed by atoms with Crippen LogP contribution in [-0.4, -0.2) is 17.1 Å². The monoisotopic (exact) mass is 330 g/mol. The van der Waals surface area contributed by atoms with Crippen molar-refractivity contribution in [2.75, 3.05) is 7.11 Å². The summed E-state index contributed by atoms with van der Waals surface area (Å²) in [5.41, 5.74) is 2.46. The molecule has 3 nitrogen and oxygen atoms in total. The van der Waals surface area contributed by atoms with Crippen LogP contribution in [0.5, 0.6) is 5.75 Å². The highest BCUT2D eigenvalue weighted by Crippen LogP contribution is 2.27. The molecular weight excluding hydrogens is 319 g/mol. The average molecular weight is 331 g/mol. The number of hydrogen-bond acceptors (Lipinski definition) is 3. The van der Waals surface area contributed by atoms with Crippen molar-refractivity contribution in [2.45, 2.75) is 0 Å². The van der Waals surface area contributed by atoms with Crippen LogP contribution in [0.25, 0.3) is 22.6 Å². The molecule has 3 rings (SSSR count). The fourth-order valence-electron chi connectivity index (χ4n) is 2.10. The van der Waals surface area contributed by atoms with E-state index < -0.39 is 0 Å². The maximum Gasteiger partial charge on any atom is 0.161 e. The van der Waals surface area contributed by atoms with Gasteiger partial charge in [-0.05, 0) is 24.3 Å². The van der Waals surface area contributed by atoms with Crippen LogP contribution in [-0.2, 0) is 0 Å². The maximum atomic E-state index is 6.15. The molecule has 0 spiro atoms. The number of aromatic nitrogens is 2. The molecule has 0 atom stereocenters. The molecule has 5 heteroatoms. The first-order valence-electron chi connectivity index (χ1n) is 6.60. The smallest absolute Gasteiger partial charge is 0.161 e. The normalized spacial score (nSPS) is 10.5. The van der Waals surface area contributed by atoms with Gasteiger partial charge in [-0.2, -0.15) is 0 Å². The summed E-state index contributed by atoms with van der Waals surface area (Å²) < 4.78 is 5.24. The zero-order valence-electron chi connectivity index (χ0n) is 11.8. The third kappa shape index (κ3) is 3.21. The summed E-state index contributed by atoms with van der Waals surface area (Å²) in [6.07, 6.45) is 0. The van der Waals surface area contributed by atoms with E-state index in [1.165, 1.54) is 0 Å². The van der Waals surface area contributed by atoms with Crippen molar-refractivity contribution in [3.8, 4) is 28.4 Å². The number of ether oxygens (including phenoxy) is 1. The van der Waals surface area contributed by atoms with Gasteiger partial charge in [0.05, 0.1) is 12.8 Å². The quantitative estimate of drug-likeness (QED) is 0.624. The van der Waals surface area contributed by atoms with Crippen molar-refractivity contribution >= 4 is 23.2 Å². The lowest BCUT2D eigenvalue weighted by atomic mass is 10.1. The van der Waals surface area contributed by atoms with Crippen LogP contribution in [0.4, 0.5) is 0 Å². The van der Waals surface area contributed by atoms with Crippen LogP contribution >= 0.6 is 23.2 Å². The molecule has 0 aliphatic carbocycles. The van der Waals surface area contributed by atoms with Crippen molar-refractivity contribution in [2.24, 2.45) is 0 Å². The molecule has 0 saturated heterocycles. The molecule has 0 radical (unpaired) electrons. The summed E-state index contributed by atoms with van der Waals surface area (Å²) in [6, 6.07) is 16.7. The maximum absolute atomic E-state index is 6.15. The molecule has 0 aliphatic rings. The van der Waals surface area contributed by atoms with Gasteiger partial charge in [-0.25, -0.2) is 9.97 Å². The first kappa shape index (κ1) is 14.8. The lowest BCUT2D eigenvalue weighted by Gasteiger charge is -2.07. The number of methoxy groups -OCH3 is 1. The van der Waals surface area contributed by atoms with E-state index in [0.29, 0.717) is 16.0 Å². The minimum atomic E-state index is 0.378. The van der Waals surface area contributed by atoms with E-state index in [4.69, 9.17) is 27.9 Å². The van der Waals surface area contributed by atoms with Crippen LogP contribution in [0.2, 0.25) is 10.2 Å². The molecule has 0 N–H and O–H groups in total. The summed E-state index contributed by atoms with van der Waals surface area (Å²) in [4.78, 5) is 8.86. The molecule has 0 unspecified atom stereocenters. The Morgan fingerprint density at radius 3 is 2.41 bits per heavy atom. The number of benzene rings is 2. The second kappa shape index (κ2) is 6.34. The highest BCUT2D eigenvalue weighted by Gasteiger charge is 2.09. The number of halogens is 2. The predicted octanol–water partition coefficient (Wildman–Crippen LogP) is 5.13. The topological polar surface area (TPSA) is 35.0 Å². The van der Waals surface area contributed by atoms with Gasteiger partial charge in [0.15, 0.2) is 5.82 Å². The van der Waals surface area contributed by atoms with Gasteiger partial charge in [0.2, 0.25) is 0 Å². The molecule has 0 saturated carbocycles. The molecule has 22 heavy (non-hydrogen) atoms. The van der Waals surface area contributed by atoms with Gasteiger partial charge in [-0.3, -0.25) is 0 Å². The van der Waals surface area contributed by atoms with Crippen LogP contribution in [0.15, 0.2) is 54.6 Å². The summed E-state index contributed by atoms with van der Waals surface area (Å²) in [7, 11) is 1.63. The van der Waals surface area contributed by atoms with Gasteiger partial charge >= 0.3 is 0 Å². The molecule has 0 amide bonds. The van der Waals surface area contributed by atoms with E-state index in [1.54, 1.807) is 19.2 Å². The zero-order valence-corrected chi connectivity index (χ0v) is 13.3. The fourth-order valence-corrected chi connectivity index (χ4v) is 2.48. The van der Waals surface area contributed by atoms with Gasteiger partial charge in [-0.1, -0.05) is 47.5 Å². The third-order valence-corrected chi connectivity index (χ3v) is 3.57. The van der Waals surface area contributed by atoms with E-state index in [-0.39, 0.29) is 0 Å². The van der Waals surface area contributed by atoms with Crippen molar-refractivity contribution < 1.29 is 4.74 Å². The third-order valence-electron chi connectivity index (χ3n) is 3.14. The molecular formula is C17H12Cl2N2O. The summed E-state index contributed by atoms with van der Waals surface area (Å²) in [5.74, 6) is 1.30. The lowest BCUT2D eigenvalue weighted by molar-refractivity contribution is 0.415. The fraction of sp³-hybridized carbons (Fsp3) is 0.0588. The van der Waals surface area contributed by atoms with E-state index in [2.05, 4.69) is 9.97 Å². The Bertz CT molecular complexity index is 821. The predicted molar refractivity (Wildman–Crippen MR) is 89.5 cm³/mol. The van der Waals surface area contributed by atoms with Crippen molar-refractivity contribution in [3.63, 3.8) is 0 Å². The zero-order chi connectivity index (χ0) is 15.5. The Hall–Kier alpha value is -2.10. The molecule has 1 heterocycles. The molecule has 1 aromatic heterocycles. The van der Waals surface area contributed by atoms with E-state index in [0.717, 1.165) is 22.6 Å². The summed E-state index contributed by atoms with van der Waals surface area (Å²) in [6.45, 7) is 0. The minimum Gasteiger partial charge on any atom is -0.497 e. The van der Waals surface area contributed by atoms with E-state index >= 15 is 0 Å². The molecule has 0 bridgehead atoms. The highest BCUT2D eigenvalue weighted by molar-refractivity contribution is 6.31. The van der Waals surface area contributed by atoms with Gasteiger partial charge in [0.25, 0.3) is 0 Å². The van der Waals surface area contributed by atoms with Gasteiger partial charge in [-0.15, -0.1) is 0 Å². The lowest BCUT2D eigenvalue weighted by Crippen LogP contribution is -1.93. The SMILES string of the molecule is COc1cccc(-c2cc(Cl)nc(-c3cccc(Cl)c3)n2)c1. The number of rotatable bonds is 3. The second-order valence-corrected chi connectivity index (χ2v) is 5.47. The van der Waals surface area contributed by atoms with Crippen molar-refractivity contribution in [1.82, 2.24) is 9.97 Å². The van der Waals surface area contributed by atoms with Crippen LogP contribution < -0.4 is 4.74 Å². The molecule has 0 fully saturated rings. The van der Waals surface area contributed by atoms with Gasteiger partial charge in [0.1, 0.15) is 10.9 Å². The Kier molecular flexibility index (Phi) is 4.27. The molecule has 2 aromatic carbocycles. The molecule has 110 valence electrons. The number of hydrogen-bond donors (Lipinski definition) is 0. The minimum absolute atomic E-state index is 0.378. The molecule has 0 aliphatic heterocycles. The first-order chi connectivity index (χ1) is 10.7. The summed E-state index contributed by atoms with van der Waals surface area (Å²) >= 11 is 12.2. The molecule has 3 aromatic rings. The highest BCUT2D eigenvalue weighted by atomic mass is 35.5. The number of nitrogens with zero attached hydrogens (tertiary/aromatic N) is 2. The van der Waals surface area contributed by atoms with E-state index in [9.17, 15) is 0 Å². The van der Waals surface area contributed by atoms with Gasteiger partial charge < -0.3 is 4.74 Å². The largest absolute Gasteiger partial charge is 0.497 e. The Morgan fingerprint density at radius 2 is 1.64 bits per heavy atom. The van der Waals surface area contributed by atoms with E-state index in [1.807, 2.05) is 42.5 Å². The van der Waals surface area contributed by atoms with Crippen LogP contribution in [0.1, 0.15) is 0 Å². The van der Waals surface area contributed by atoms with Crippen molar-refractivity contribution in [1.29, 1.82) is 0 Å². The Balaban J connectivity index is 2.10. The van der Waals surface area contributed by atoms with Crippen LogP contribution in [0, 0.1) is 0 Å². The second-order valence-electron chi connectivity index (χ2n) is 4.64. The summed E-state index contributed by atoms with van der Waals surface area (Å²) in [5, 5.41) is 1.01. The first-order valence-corrected chi connectivity index (χ1v) is 7.36. The average Bonchev–Trinajstić information content (AvgIpc) is 2.54. The Labute approximate surface area is 138 Å². The standard InChI is InChI=1S/C17H12Cl2N2O/c1-22-14-7-3-4-11(9-14)15-10-16(19)21-17(20-15)12-5-2-6-13(18)8-12/h2-10H,1H3. The Morgan fingerprint density at radius 1 is 0.864 bits per heavy atom.